The largest absolute Gasteiger partial charge is 0.336 e. The lowest BCUT2D eigenvalue weighted by molar-refractivity contribution is -0.134. The van der Waals surface area contributed by atoms with Gasteiger partial charge in [-0.1, -0.05) is 15.9 Å². The number of nitrogens with zero attached hydrogens (tertiary/aromatic N) is 3. The molecule has 24 heavy (non-hydrogen) atoms. The number of aryl methyl sites for hydroxylation is 1. The standard InChI is InChI=1S/C16H18BrN5O2/c1-9-5-10(17)3-4-13(9)20-14(23)7-22(2)16(24)12-6-11(12)15-18-8-19-21-15/h3-5,8,11-12H,6-7H2,1-2H3,(H,20,23)(H,18,19,21). The predicted molar refractivity (Wildman–Crippen MR) is 92.4 cm³/mol. The summed E-state index contributed by atoms with van der Waals surface area (Å²) in [5.41, 5.74) is 1.70. The molecular weight excluding hydrogens is 374 g/mol. The summed E-state index contributed by atoms with van der Waals surface area (Å²) in [5.74, 6) is 0.438. The van der Waals surface area contributed by atoms with Gasteiger partial charge in [-0.2, -0.15) is 5.10 Å². The van der Waals surface area contributed by atoms with Crippen molar-refractivity contribution in [2.75, 3.05) is 18.9 Å². The molecule has 1 aromatic carbocycles. The lowest BCUT2D eigenvalue weighted by Gasteiger charge is -2.17. The molecule has 2 amide bonds. The first-order valence-corrected chi connectivity index (χ1v) is 8.41. The second-order valence-electron chi connectivity index (χ2n) is 6.02. The third kappa shape index (κ3) is 3.64. The Morgan fingerprint density at radius 3 is 2.92 bits per heavy atom. The van der Waals surface area contributed by atoms with Crippen molar-refractivity contribution in [3.63, 3.8) is 0 Å². The first kappa shape index (κ1) is 16.6. The van der Waals surface area contributed by atoms with Crippen LogP contribution in [0.3, 0.4) is 0 Å². The van der Waals surface area contributed by atoms with Gasteiger partial charge >= 0.3 is 0 Å². The van der Waals surface area contributed by atoms with Crippen molar-refractivity contribution < 1.29 is 9.59 Å². The highest BCUT2D eigenvalue weighted by atomic mass is 79.9. The Bertz CT molecular complexity index is 762. The fourth-order valence-corrected chi connectivity index (χ4v) is 3.17. The molecule has 1 aromatic heterocycles. The smallest absolute Gasteiger partial charge is 0.243 e. The maximum atomic E-state index is 12.4. The molecule has 3 rings (SSSR count). The van der Waals surface area contributed by atoms with Crippen LogP contribution < -0.4 is 5.32 Å². The maximum Gasteiger partial charge on any atom is 0.243 e. The average Bonchev–Trinajstić information content (AvgIpc) is 3.14. The molecule has 8 heteroatoms. The van der Waals surface area contributed by atoms with Crippen molar-refractivity contribution in [2.45, 2.75) is 19.3 Å². The molecule has 1 saturated carbocycles. The number of benzene rings is 1. The number of hydrogen-bond donors (Lipinski definition) is 2. The van der Waals surface area contributed by atoms with Crippen LogP contribution in [0.2, 0.25) is 0 Å². The molecule has 0 radical (unpaired) electrons. The molecule has 2 aromatic rings. The van der Waals surface area contributed by atoms with E-state index in [9.17, 15) is 9.59 Å². The lowest BCUT2D eigenvalue weighted by Crippen LogP contribution is -2.36. The Kier molecular flexibility index (Phi) is 4.66. The normalized spacial score (nSPS) is 19.0. The number of aromatic nitrogens is 3. The van der Waals surface area contributed by atoms with E-state index in [4.69, 9.17) is 0 Å². The van der Waals surface area contributed by atoms with Crippen LogP contribution in [-0.2, 0) is 9.59 Å². The summed E-state index contributed by atoms with van der Waals surface area (Å²) >= 11 is 3.39. The van der Waals surface area contributed by atoms with Crippen molar-refractivity contribution in [1.29, 1.82) is 0 Å². The van der Waals surface area contributed by atoms with Gasteiger partial charge in [-0.05, 0) is 37.1 Å². The van der Waals surface area contributed by atoms with Crippen LogP contribution in [0, 0.1) is 12.8 Å². The first-order chi connectivity index (χ1) is 11.5. The number of anilines is 1. The number of rotatable bonds is 5. The number of aromatic amines is 1. The minimum Gasteiger partial charge on any atom is -0.336 e. The van der Waals surface area contributed by atoms with Gasteiger partial charge in [0.05, 0.1) is 6.54 Å². The van der Waals surface area contributed by atoms with Gasteiger partial charge < -0.3 is 10.2 Å². The number of hydrogen-bond acceptors (Lipinski definition) is 4. The SMILES string of the molecule is Cc1cc(Br)ccc1NC(=O)CN(C)C(=O)C1CC1c1ncn[nH]1. The number of nitrogens with one attached hydrogen (secondary N) is 2. The van der Waals surface area contributed by atoms with Gasteiger partial charge in [-0.25, -0.2) is 4.98 Å². The Balaban J connectivity index is 1.53. The summed E-state index contributed by atoms with van der Waals surface area (Å²) in [6.45, 7) is 1.94. The fourth-order valence-electron chi connectivity index (χ4n) is 2.70. The van der Waals surface area contributed by atoms with E-state index in [0.29, 0.717) is 0 Å². The molecule has 2 atom stereocenters. The molecule has 2 unspecified atom stereocenters. The molecule has 0 spiro atoms. The van der Waals surface area contributed by atoms with E-state index in [1.54, 1.807) is 7.05 Å². The van der Waals surface area contributed by atoms with Crippen LogP contribution >= 0.6 is 15.9 Å². The second-order valence-corrected chi connectivity index (χ2v) is 6.94. The molecule has 126 valence electrons. The van der Waals surface area contributed by atoms with Crippen molar-refractivity contribution in [3.05, 3.63) is 40.4 Å². The van der Waals surface area contributed by atoms with Crippen LogP contribution in [-0.4, -0.2) is 45.5 Å². The second kappa shape index (κ2) is 6.72. The zero-order chi connectivity index (χ0) is 17.3. The quantitative estimate of drug-likeness (QED) is 0.815. The van der Waals surface area contributed by atoms with E-state index >= 15 is 0 Å². The molecule has 0 bridgehead atoms. The van der Waals surface area contributed by atoms with E-state index in [0.717, 1.165) is 28.0 Å². The van der Waals surface area contributed by atoms with Gasteiger partial charge in [0.1, 0.15) is 12.2 Å². The average molecular weight is 392 g/mol. The Morgan fingerprint density at radius 2 is 2.25 bits per heavy atom. The predicted octanol–water partition coefficient (Wildman–Crippen LogP) is 2.08. The van der Waals surface area contributed by atoms with E-state index in [2.05, 4.69) is 36.4 Å². The van der Waals surface area contributed by atoms with Crippen molar-refractivity contribution >= 4 is 33.4 Å². The highest BCUT2D eigenvalue weighted by Gasteiger charge is 2.47. The molecule has 7 nitrogen and oxygen atoms in total. The van der Waals surface area contributed by atoms with Crippen LogP contribution in [0.4, 0.5) is 5.69 Å². The third-order valence-electron chi connectivity index (χ3n) is 4.11. The number of carbonyl (C=O) groups excluding carboxylic acids is 2. The first-order valence-electron chi connectivity index (χ1n) is 7.62. The monoisotopic (exact) mass is 391 g/mol. The molecule has 1 fully saturated rings. The number of H-pyrrole nitrogens is 1. The molecule has 1 heterocycles. The van der Waals surface area contributed by atoms with Gasteiger partial charge in [-0.15, -0.1) is 0 Å². The highest BCUT2D eigenvalue weighted by molar-refractivity contribution is 9.10. The Hall–Kier alpha value is -2.22. The van der Waals surface area contributed by atoms with E-state index in [1.807, 2.05) is 25.1 Å². The zero-order valence-corrected chi connectivity index (χ0v) is 15.0. The Labute approximate surface area is 148 Å². The summed E-state index contributed by atoms with van der Waals surface area (Å²) < 4.78 is 0.956. The number of amides is 2. The van der Waals surface area contributed by atoms with Gasteiger partial charge in [0, 0.05) is 29.0 Å². The highest BCUT2D eigenvalue weighted by Crippen LogP contribution is 2.46. The maximum absolute atomic E-state index is 12.4. The number of carbonyl (C=O) groups is 2. The van der Waals surface area contributed by atoms with Gasteiger partial charge in [0.2, 0.25) is 11.8 Å². The summed E-state index contributed by atoms with van der Waals surface area (Å²) in [6, 6.07) is 5.63. The van der Waals surface area contributed by atoms with E-state index in [-0.39, 0.29) is 30.2 Å². The molecule has 1 aliphatic rings. The van der Waals surface area contributed by atoms with Gasteiger partial charge in [0.15, 0.2) is 0 Å². The summed E-state index contributed by atoms with van der Waals surface area (Å²) in [6.07, 6.45) is 2.18. The van der Waals surface area contributed by atoms with Gasteiger partial charge in [0.25, 0.3) is 0 Å². The van der Waals surface area contributed by atoms with Crippen LogP contribution in [0.5, 0.6) is 0 Å². The number of halogens is 1. The topological polar surface area (TPSA) is 91.0 Å². The summed E-state index contributed by atoms with van der Waals surface area (Å²) in [7, 11) is 1.64. The number of likely N-dealkylation sites (N-methyl/N-ethyl adjacent to an activating group) is 1. The van der Waals surface area contributed by atoms with E-state index in [1.165, 1.54) is 11.2 Å². The van der Waals surface area contributed by atoms with Gasteiger partial charge in [-0.3, -0.25) is 14.7 Å². The zero-order valence-electron chi connectivity index (χ0n) is 13.4. The van der Waals surface area contributed by atoms with Crippen molar-refractivity contribution in [3.8, 4) is 0 Å². The molecular formula is C16H18BrN5O2. The lowest BCUT2D eigenvalue weighted by atomic mass is 10.2. The summed E-state index contributed by atoms with van der Waals surface area (Å²) in [5, 5.41) is 9.43. The van der Waals surface area contributed by atoms with Crippen molar-refractivity contribution in [1.82, 2.24) is 20.1 Å². The molecule has 2 N–H and O–H groups in total. The van der Waals surface area contributed by atoms with Crippen LogP contribution in [0.25, 0.3) is 0 Å². The van der Waals surface area contributed by atoms with Crippen LogP contribution in [0.15, 0.2) is 29.0 Å². The van der Waals surface area contributed by atoms with Crippen molar-refractivity contribution in [2.24, 2.45) is 5.92 Å². The van der Waals surface area contributed by atoms with Crippen LogP contribution in [0.1, 0.15) is 23.7 Å². The minimum atomic E-state index is -0.215. The third-order valence-corrected chi connectivity index (χ3v) is 4.61. The molecule has 0 aliphatic heterocycles. The fraction of sp³-hybridized carbons (Fsp3) is 0.375. The molecule has 1 aliphatic carbocycles. The Morgan fingerprint density at radius 1 is 1.46 bits per heavy atom. The molecule has 0 saturated heterocycles. The van der Waals surface area contributed by atoms with E-state index < -0.39 is 0 Å². The summed E-state index contributed by atoms with van der Waals surface area (Å²) in [4.78, 5) is 30.1. The minimum absolute atomic E-state index is 0.0218.